The third-order valence-corrected chi connectivity index (χ3v) is 2.03. The van der Waals surface area contributed by atoms with Gasteiger partial charge in [0.15, 0.2) is 0 Å². The van der Waals surface area contributed by atoms with Gasteiger partial charge >= 0.3 is 0 Å². The first-order valence-corrected chi connectivity index (χ1v) is 4.32. The van der Waals surface area contributed by atoms with Crippen molar-refractivity contribution in [2.45, 2.75) is 31.9 Å². The summed E-state index contributed by atoms with van der Waals surface area (Å²) in [5, 5.41) is 11.8. The number of hydrogen-bond acceptors (Lipinski definition) is 3. The van der Waals surface area contributed by atoms with Crippen molar-refractivity contribution in [1.29, 1.82) is 0 Å². The van der Waals surface area contributed by atoms with E-state index in [1.54, 1.807) is 0 Å². The molecule has 0 aromatic heterocycles. The maximum absolute atomic E-state index is 8.46. The Kier molecular flexibility index (Phi) is 3.83. The summed E-state index contributed by atoms with van der Waals surface area (Å²) in [6, 6.07) is 0.656. The van der Waals surface area contributed by atoms with Crippen LogP contribution >= 0.6 is 0 Å². The minimum Gasteiger partial charge on any atom is -0.394 e. The predicted octanol–water partition coefficient (Wildman–Crippen LogP) is 0.136. The zero-order valence-corrected chi connectivity index (χ0v) is 7.05. The van der Waals surface area contributed by atoms with Gasteiger partial charge in [-0.2, -0.15) is 0 Å². The Balaban J connectivity index is 1.92. The van der Waals surface area contributed by atoms with Crippen molar-refractivity contribution in [2.24, 2.45) is 0 Å². The summed E-state index contributed by atoms with van der Waals surface area (Å²) in [6.45, 7) is 3.78. The van der Waals surface area contributed by atoms with Crippen molar-refractivity contribution in [2.75, 3.05) is 19.8 Å². The van der Waals surface area contributed by atoms with Crippen LogP contribution in [-0.4, -0.2) is 37.0 Å². The molecule has 66 valence electrons. The van der Waals surface area contributed by atoms with Gasteiger partial charge in [0.2, 0.25) is 0 Å². The molecule has 3 nitrogen and oxygen atoms in total. The molecule has 1 rings (SSSR count). The van der Waals surface area contributed by atoms with Gasteiger partial charge in [-0.25, -0.2) is 0 Å². The lowest BCUT2D eigenvalue weighted by Crippen LogP contribution is -2.45. The Morgan fingerprint density at radius 3 is 2.82 bits per heavy atom. The minimum atomic E-state index is 0.141. The zero-order valence-electron chi connectivity index (χ0n) is 7.05. The van der Waals surface area contributed by atoms with E-state index in [1.165, 1.54) is 0 Å². The summed E-state index contributed by atoms with van der Waals surface area (Å²) in [6.07, 6.45) is 2.60. The number of aliphatic hydroxyl groups excluding tert-OH is 1. The smallest absolute Gasteiger partial charge is 0.0701 e. The fraction of sp³-hybridized carbons (Fsp3) is 1.00. The second-order valence-electron chi connectivity index (χ2n) is 2.94. The van der Waals surface area contributed by atoms with Gasteiger partial charge in [-0.15, -0.1) is 0 Å². The van der Waals surface area contributed by atoms with E-state index in [4.69, 9.17) is 9.84 Å². The monoisotopic (exact) mass is 159 g/mol. The molecule has 0 unspecified atom stereocenters. The summed E-state index contributed by atoms with van der Waals surface area (Å²) in [5.41, 5.74) is 0. The Labute approximate surface area is 67.7 Å². The standard InChI is InChI=1S/C8H17NO2/c1-2-9-7-5-8(6-7)11-4-3-10/h7-10H,2-6H2,1H3. The lowest BCUT2D eigenvalue weighted by molar-refractivity contribution is -0.0295. The van der Waals surface area contributed by atoms with Crippen LogP contribution in [-0.2, 0) is 4.74 Å². The average molecular weight is 159 g/mol. The van der Waals surface area contributed by atoms with Gasteiger partial charge < -0.3 is 15.2 Å². The van der Waals surface area contributed by atoms with Crippen LogP contribution in [0.3, 0.4) is 0 Å². The number of hydrogen-bond donors (Lipinski definition) is 2. The summed E-state index contributed by atoms with van der Waals surface area (Å²) >= 11 is 0. The molecule has 0 radical (unpaired) electrons. The van der Waals surface area contributed by atoms with Gasteiger partial charge in [-0.3, -0.25) is 0 Å². The molecule has 1 aliphatic rings. The second-order valence-corrected chi connectivity index (χ2v) is 2.94. The number of ether oxygens (including phenoxy) is 1. The number of aliphatic hydroxyl groups is 1. The van der Waals surface area contributed by atoms with Crippen molar-refractivity contribution in [3.05, 3.63) is 0 Å². The topological polar surface area (TPSA) is 41.5 Å². The van der Waals surface area contributed by atoms with Crippen LogP contribution < -0.4 is 5.32 Å². The minimum absolute atomic E-state index is 0.141. The third-order valence-electron chi connectivity index (χ3n) is 2.03. The van der Waals surface area contributed by atoms with Crippen molar-refractivity contribution >= 4 is 0 Å². The molecule has 3 heteroatoms. The van der Waals surface area contributed by atoms with Crippen molar-refractivity contribution in [3.63, 3.8) is 0 Å². The first-order valence-electron chi connectivity index (χ1n) is 4.32. The fourth-order valence-corrected chi connectivity index (χ4v) is 1.38. The predicted molar refractivity (Wildman–Crippen MR) is 43.5 cm³/mol. The molecule has 2 N–H and O–H groups in total. The average Bonchev–Trinajstić information content (AvgIpc) is 1.94. The molecular formula is C8H17NO2. The number of nitrogens with one attached hydrogen (secondary N) is 1. The zero-order chi connectivity index (χ0) is 8.10. The van der Waals surface area contributed by atoms with Crippen LogP contribution in [0, 0.1) is 0 Å². The van der Waals surface area contributed by atoms with Crippen molar-refractivity contribution in [3.8, 4) is 0 Å². The molecule has 1 saturated carbocycles. The molecule has 1 fully saturated rings. The van der Waals surface area contributed by atoms with Gasteiger partial charge in [-0.05, 0) is 19.4 Å². The molecule has 1 aliphatic carbocycles. The Bertz CT molecular complexity index is 102. The van der Waals surface area contributed by atoms with Crippen molar-refractivity contribution in [1.82, 2.24) is 5.32 Å². The Hall–Kier alpha value is -0.120. The highest BCUT2D eigenvalue weighted by molar-refractivity contribution is 4.85. The molecule has 0 bridgehead atoms. The van der Waals surface area contributed by atoms with E-state index in [0.717, 1.165) is 19.4 Å². The van der Waals surface area contributed by atoms with Gasteiger partial charge in [0.05, 0.1) is 19.3 Å². The van der Waals surface area contributed by atoms with Crippen LogP contribution in [0.4, 0.5) is 0 Å². The molecule has 0 aliphatic heterocycles. The molecule has 0 saturated heterocycles. The van der Waals surface area contributed by atoms with Gasteiger partial charge in [0.1, 0.15) is 0 Å². The quantitative estimate of drug-likeness (QED) is 0.599. The summed E-state index contributed by atoms with van der Waals surface area (Å²) in [4.78, 5) is 0. The highest BCUT2D eigenvalue weighted by Crippen LogP contribution is 2.22. The van der Waals surface area contributed by atoms with E-state index in [1.807, 2.05) is 0 Å². The second kappa shape index (κ2) is 4.70. The first-order chi connectivity index (χ1) is 5.36. The Morgan fingerprint density at radius 2 is 2.27 bits per heavy atom. The van der Waals surface area contributed by atoms with Crippen LogP contribution in [0.25, 0.3) is 0 Å². The van der Waals surface area contributed by atoms with E-state index in [0.29, 0.717) is 18.8 Å². The van der Waals surface area contributed by atoms with Gasteiger partial charge in [0.25, 0.3) is 0 Å². The van der Waals surface area contributed by atoms with Crippen LogP contribution in [0.1, 0.15) is 19.8 Å². The highest BCUT2D eigenvalue weighted by atomic mass is 16.5. The summed E-state index contributed by atoms with van der Waals surface area (Å²) < 4.78 is 5.31. The molecule has 0 aromatic rings. The van der Waals surface area contributed by atoms with Crippen LogP contribution in [0.5, 0.6) is 0 Å². The highest BCUT2D eigenvalue weighted by Gasteiger charge is 2.28. The molecule has 11 heavy (non-hydrogen) atoms. The largest absolute Gasteiger partial charge is 0.394 e. The first kappa shape index (κ1) is 8.97. The SMILES string of the molecule is CCNC1CC(OCCO)C1. The van der Waals surface area contributed by atoms with E-state index >= 15 is 0 Å². The maximum atomic E-state index is 8.46. The molecule has 0 heterocycles. The Morgan fingerprint density at radius 1 is 1.55 bits per heavy atom. The van der Waals surface area contributed by atoms with Crippen LogP contribution in [0.2, 0.25) is 0 Å². The van der Waals surface area contributed by atoms with Gasteiger partial charge in [-0.1, -0.05) is 6.92 Å². The fourth-order valence-electron chi connectivity index (χ4n) is 1.38. The summed E-state index contributed by atoms with van der Waals surface area (Å²) in [7, 11) is 0. The van der Waals surface area contributed by atoms with Crippen molar-refractivity contribution < 1.29 is 9.84 Å². The normalized spacial score (nSPS) is 30.0. The lowest BCUT2D eigenvalue weighted by atomic mass is 9.89. The van der Waals surface area contributed by atoms with E-state index in [9.17, 15) is 0 Å². The third kappa shape index (κ3) is 2.77. The van der Waals surface area contributed by atoms with Gasteiger partial charge in [0, 0.05) is 6.04 Å². The molecular weight excluding hydrogens is 142 g/mol. The molecule has 0 amide bonds. The van der Waals surface area contributed by atoms with E-state index in [2.05, 4.69) is 12.2 Å². The molecule has 0 aromatic carbocycles. The van der Waals surface area contributed by atoms with E-state index < -0.39 is 0 Å². The van der Waals surface area contributed by atoms with Crippen LogP contribution in [0.15, 0.2) is 0 Å². The number of rotatable bonds is 5. The van der Waals surface area contributed by atoms with E-state index in [-0.39, 0.29) is 6.61 Å². The molecule has 0 atom stereocenters. The lowest BCUT2D eigenvalue weighted by Gasteiger charge is -2.35. The maximum Gasteiger partial charge on any atom is 0.0701 e. The summed E-state index contributed by atoms with van der Waals surface area (Å²) in [5.74, 6) is 0. The molecule has 0 spiro atoms.